The summed E-state index contributed by atoms with van der Waals surface area (Å²) >= 11 is 0. The quantitative estimate of drug-likeness (QED) is 0.929. The lowest BCUT2D eigenvalue weighted by Gasteiger charge is -2.22. The van der Waals surface area contributed by atoms with Gasteiger partial charge in [-0.15, -0.1) is 5.10 Å². The molecule has 1 unspecified atom stereocenters. The number of amides is 2. The molecule has 2 aromatic rings. The molecule has 1 aromatic carbocycles. The highest BCUT2D eigenvalue weighted by Crippen LogP contribution is 2.38. The van der Waals surface area contributed by atoms with Crippen molar-refractivity contribution in [3.8, 4) is 5.69 Å². The van der Waals surface area contributed by atoms with Crippen LogP contribution in [0, 0.1) is 5.41 Å². The molecule has 0 bridgehead atoms. The predicted molar refractivity (Wildman–Crippen MR) is 87.7 cm³/mol. The summed E-state index contributed by atoms with van der Waals surface area (Å²) in [6.45, 7) is 3.56. The third-order valence-electron chi connectivity index (χ3n) is 4.89. The fraction of sp³-hybridized carbons (Fsp3) is 0.471. The molecule has 126 valence electrons. The van der Waals surface area contributed by atoms with E-state index in [0.29, 0.717) is 6.54 Å². The van der Waals surface area contributed by atoms with Crippen LogP contribution in [0.5, 0.6) is 0 Å². The number of carbonyl (C=O) groups is 1. The largest absolute Gasteiger partial charge is 0.381 e. The Morgan fingerprint density at radius 1 is 1.29 bits per heavy atom. The fourth-order valence-electron chi connectivity index (χ4n) is 3.44. The third-order valence-corrected chi connectivity index (χ3v) is 4.89. The van der Waals surface area contributed by atoms with Gasteiger partial charge in [0.15, 0.2) is 0 Å². The Bertz CT molecular complexity index is 709. The average Bonchev–Trinajstić information content (AvgIpc) is 3.36. The lowest BCUT2D eigenvalue weighted by Crippen LogP contribution is -2.39. The summed E-state index contributed by atoms with van der Waals surface area (Å²) in [6.07, 6.45) is 3.93. The molecule has 2 amide bonds. The number of ether oxygens (including phenoxy) is 1. The normalized spacial score (nSPS) is 23.1. The van der Waals surface area contributed by atoms with Gasteiger partial charge in [0.05, 0.1) is 25.0 Å². The molecule has 0 aliphatic carbocycles. The first-order valence-corrected chi connectivity index (χ1v) is 8.31. The Balaban J connectivity index is 1.32. The minimum atomic E-state index is -0.0342. The van der Waals surface area contributed by atoms with Gasteiger partial charge in [-0.05, 0) is 25.0 Å². The van der Waals surface area contributed by atoms with Crippen molar-refractivity contribution in [2.75, 3.05) is 26.3 Å². The first-order valence-electron chi connectivity index (χ1n) is 8.31. The van der Waals surface area contributed by atoms with Crippen LogP contribution in [0.15, 0.2) is 36.5 Å². The van der Waals surface area contributed by atoms with E-state index in [1.54, 1.807) is 4.68 Å². The van der Waals surface area contributed by atoms with Crippen molar-refractivity contribution in [1.82, 2.24) is 25.2 Å². The zero-order chi connectivity index (χ0) is 16.4. The summed E-state index contributed by atoms with van der Waals surface area (Å²) in [5.41, 5.74) is 1.88. The Kier molecular flexibility index (Phi) is 3.93. The lowest BCUT2D eigenvalue weighted by atomic mass is 9.87. The number of likely N-dealkylation sites (tertiary alicyclic amines) is 1. The van der Waals surface area contributed by atoms with E-state index in [4.69, 9.17) is 4.74 Å². The van der Waals surface area contributed by atoms with Gasteiger partial charge in [-0.1, -0.05) is 23.4 Å². The molecule has 0 saturated carbocycles. The smallest absolute Gasteiger partial charge is 0.317 e. The van der Waals surface area contributed by atoms with Crippen LogP contribution in [0.2, 0.25) is 0 Å². The molecule has 2 aliphatic heterocycles. The molecule has 4 rings (SSSR count). The standard InChI is InChI=1S/C17H21N5O2/c23-16(21-8-6-17(12-21)7-9-24-13-17)18-10-14-11-22(20-19-14)15-4-2-1-3-5-15/h1-5,11H,6-10,12-13H2,(H,18,23). The molecule has 1 spiro atoms. The molecule has 2 aliphatic rings. The summed E-state index contributed by atoms with van der Waals surface area (Å²) in [5, 5.41) is 11.2. The average molecular weight is 327 g/mol. The Morgan fingerprint density at radius 2 is 2.17 bits per heavy atom. The van der Waals surface area contributed by atoms with Crippen molar-refractivity contribution in [2.45, 2.75) is 19.4 Å². The second-order valence-corrected chi connectivity index (χ2v) is 6.62. The van der Waals surface area contributed by atoms with E-state index in [0.717, 1.165) is 50.5 Å². The van der Waals surface area contributed by atoms with Gasteiger partial charge < -0.3 is 15.0 Å². The van der Waals surface area contributed by atoms with E-state index in [-0.39, 0.29) is 11.4 Å². The van der Waals surface area contributed by atoms with Gasteiger partial charge >= 0.3 is 6.03 Å². The molecule has 0 radical (unpaired) electrons. The van der Waals surface area contributed by atoms with Crippen LogP contribution in [0.1, 0.15) is 18.5 Å². The van der Waals surface area contributed by atoms with E-state index in [2.05, 4.69) is 15.6 Å². The van der Waals surface area contributed by atoms with Crippen LogP contribution in [0.3, 0.4) is 0 Å². The van der Waals surface area contributed by atoms with E-state index in [9.17, 15) is 4.79 Å². The van der Waals surface area contributed by atoms with Gasteiger partial charge in [-0.25, -0.2) is 9.48 Å². The third kappa shape index (κ3) is 2.99. The Labute approximate surface area is 140 Å². The number of hydrogen-bond acceptors (Lipinski definition) is 4. The molecule has 7 heteroatoms. The van der Waals surface area contributed by atoms with E-state index >= 15 is 0 Å². The van der Waals surface area contributed by atoms with Gasteiger partial charge in [0.2, 0.25) is 0 Å². The highest BCUT2D eigenvalue weighted by molar-refractivity contribution is 5.74. The van der Waals surface area contributed by atoms with Crippen LogP contribution < -0.4 is 5.32 Å². The zero-order valence-corrected chi connectivity index (χ0v) is 13.5. The molecule has 2 fully saturated rings. The van der Waals surface area contributed by atoms with Crippen molar-refractivity contribution in [3.05, 3.63) is 42.2 Å². The maximum absolute atomic E-state index is 12.4. The number of para-hydroxylation sites is 1. The monoisotopic (exact) mass is 327 g/mol. The summed E-state index contributed by atoms with van der Waals surface area (Å²) in [7, 11) is 0. The number of rotatable bonds is 3. The molecule has 7 nitrogen and oxygen atoms in total. The molecule has 3 heterocycles. The van der Waals surface area contributed by atoms with E-state index in [1.165, 1.54) is 0 Å². The van der Waals surface area contributed by atoms with Gasteiger partial charge in [-0.2, -0.15) is 0 Å². The maximum Gasteiger partial charge on any atom is 0.317 e. The van der Waals surface area contributed by atoms with Crippen molar-refractivity contribution < 1.29 is 9.53 Å². The first-order chi connectivity index (χ1) is 11.7. The topological polar surface area (TPSA) is 72.3 Å². The van der Waals surface area contributed by atoms with Crippen LogP contribution in [0.4, 0.5) is 4.79 Å². The number of urea groups is 1. The molecule has 2 saturated heterocycles. The SMILES string of the molecule is O=C(NCc1cn(-c2ccccc2)nn1)N1CCC2(CCOC2)C1. The lowest BCUT2D eigenvalue weighted by molar-refractivity contribution is 0.152. The molecule has 1 aromatic heterocycles. The Hall–Kier alpha value is -2.41. The number of nitrogens with zero attached hydrogens (tertiary/aromatic N) is 4. The summed E-state index contributed by atoms with van der Waals surface area (Å²) in [4.78, 5) is 14.2. The van der Waals surface area contributed by atoms with Crippen LogP contribution in [-0.4, -0.2) is 52.2 Å². The fourth-order valence-corrected chi connectivity index (χ4v) is 3.44. The zero-order valence-electron chi connectivity index (χ0n) is 13.5. The number of hydrogen-bond donors (Lipinski definition) is 1. The second kappa shape index (κ2) is 6.24. The highest BCUT2D eigenvalue weighted by Gasteiger charge is 2.42. The Morgan fingerprint density at radius 3 is 2.96 bits per heavy atom. The first kappa shape index (κ1) is 15.1. The van der Waals surface area contributed by atoms with Crippen molar-refractivity contribution in [3.63, 3.8) is 0 Å². The predicted octanol–water partition coefficient (Wildman–Crippen LogP) is 1.59. The van der Waals surface area contributed by atoms with Gasteiger partial charge in [0, 0.05) is 25.1 Å². The molecule has 24 heavy (non-hydrogen) atoms. The van der Waals surface area contributed by atoms with Crippen LogP contribution >= 0.6 is 0 Å². The minimum Gasteiger partial charge on any atom is -0.381 e. The van der Waals surface area contributed by atoms with Crippen molar-refractivity contribution in [2.24, 2.45) is 5.41 Å². The summed E-state index contributed by atoms with van der Waals surface area (Å²) < 4.78 is 7.22. The maximum atomic E-state index is 12.4. The van der Waals surface area contributed by atoms with Gasteiger partial charge in [-0.3, -0.25) is 0 Å². The number of nitrogens with one attached hydrogen (secondary N) is 1. The highest BCUT2D eigenvalue weighted by atomic mass is 16.5. The molecular formula is C17H21N5O2. The van der Waals surface area contributed by atoms with Crippen LogP contribution in [-0.2, 0) is 11.3 Å². The number of aromatic nitrogens is 3. The number of carbonyl (C=O) groups excluding carboxylic acids is 1. The summed E-state index contributed by atoms with van der Waals surface area (Å²) in [6, 6.07) is 9.75. The van der Waals surface area contributed by atoms with Crippen molar-refractivity contribution >= 4 is 6.03 Å². The second-order valence-electron chi connectivity index (χ2n) is 6.62. The van der Waals surface area contributed by atoms with Crippen molar-refractivity contribution in [1.29, 1.82) is 0 Å². The molecule has 1 atom stereocenters. The minimum absolute atomic E-state index is 0.0342. The van der Waals surface area contributed by atoms with Gasteiger partial charge in [0.1, 0.15) is 5.69 Å². The van der Waals surface area contributed by atoms with E-state index in [1.807, 2.05) is 41.4 Å². The molecular weight excluding hydrogens is 306 g/mol. The van der Waals surface area contributed by atoms with Crippen LogP contribution in [0.25, 0.3) is 5.69 Å². The number of benzene rings is 1. The summed E-state index contributed by atoms with van der Waals surface area (Å²) in [5.74, 6) is 0. The molecule has 1 N–H and O–H groups in total. The van der Waals surface area contributed by atoms with Gasteiger partial charge in [0.25, 0.3) is 0 Å². The van der Waals surface area contributed by atoms with E-state index < -0.39 is 0 Å².